The van der Waals surface area contributed by atoms with E-state index in [1.807, 2.05) is 46.7 Å². The molecule has 0 atom stereocenters. The average Bonchev–Trinajstić information content (AvgIpc) is 3.22. The Balaban J connectivity index is 1.58. The molecule has 0 aromatic heterocycles. The molecular formula is C25H32N6O4. The molecule has 186 valence electrons. The molecule has 2 amide bonds. The number of carbonyl (C=O) groups is 2. The van der Waals surface area contributed by atoms with Crippen LogP contribution in [0, 0.1) is 0 Å². The Morgan fingerprint density at radius 3 is 2.51 bits per heavy atom. The lowest BCUT2D eigenvalue weighted by atomic mass is 10.1. The molecule has 1 fully saturated rings. The number of piperazine rings is 1. The first kappa shape index (κ1) is 24.6. The molecule has 0 saturated carbocycles. The number of nitrogens with zero attached hydrogens (tertiary/aromatic N) is 5. The first-order valence-electron chi connectivity index (χ1n) is 12.0. The Labute approximate surface area is 204 Å². The minimum Gasteiger partial charge on any atom is -0.383 e. The van der Waals surface area contributed by atoms with Gasteiger partial charge in [0.1, 0.15) is 5.69 Å². The molecule has 10 nitrogen and oxygen atoms in total. The monoisotopic (exact) mass is 480 g/mol. The van der Waals surface area contributed by atoms with Gasteiger partial charge in [-0.05, 0) is 18.6 Å². The lowest BCUT2D eigenvalue weighted by molar-refractivity contribution is -0.122. The Bertz CT molecular complexity index is 1180. The van der Waals surface area contributed by atoms with E-state index in [0.29, 0.717) is 74.9 Å². The van der Waals surface area contributed by atoms with Gasteiger partial charge < -0.3 is 19.5 Å². The molecule has 0 unspecified atom stereocenters. The Morgan fingerprint density at radius 1 is 1.09 bits per heavy atom. The molecule has 3 heterocycles. The molecule has 0 spiro atoms. The second-order valence-corrected chi connectivity index (χ2v) is 8.64. The van der Waals surface area contributed by atoms with Crippen molar-refractivity contribution in [2.75, 3.05) is 53.0 Å². The van der Waals surface area contributed by atoms with Crippen molar-refractivity contribution >= 4 is 11.8 Å². The predicted octanol–water partition coefficient (Wildman–Crippen LogP) is 1.07. The number of fused-ring (bicyclic) bond motifs is 1. The van der Waals surface area contributed by atoms with E-state index in [4.69, 9.17) is 4.74 Å². The third kappa shape index (κ3) is 5.60. The number of pyridine rings is 1. The topological polar surface area (TPSA) is 102 Å². The number of amides is 2. The third-order valence-electron chi connectivity index (χ3n) is 6.11. The predicted molar refractivity (Wildman–Crippen MR) is 132 cm³/mol. The Morgan fingerprint density at radius 2 is 1.83 bits per heavy atom. The van der Waals surface area contributed by atoms with Crippen LogP contribution in [0.25, 0.3) is 16.9 Å². The summed E-state index contributed by atoms with van der Waals surface area (Å²) >= 11 is 0. The van der Waals surface area contributed by atoms with E-state index in [2.05, 4.69) is 10.4 Å². The number of rotatable bonds is 9. The second-order valence-electron chi connectivity index (χ2n) is 8.64. The molecule has 3 aliphatic rings. The second kappa shape index (κ2) is 11.3. The molecule has 3 aliphatic heterocycles. The van der Waals surface area contributed by atoms with E-state index in [1.165, 1.54) is 4.68 Å². The van der Waals surface area contributed by atoms with Gasteiger partial charge in [0.2, 0.25) is 5.91 Å². The van der Waals surface area contributed by atoms with E-state index < -0.39 is 0 Å². The van der Waals surface area contributed by atoms with Gasteiger partial charge in [-0.25, -0.2) is 0 Å². The highest BCUT2D eigenvalue weighted by Gasteiger charge is 2.29. The molecule has 35 heavy (non-hydrogen) atoms. The van der Waals surface area contributed by atoms with Gasteiger partial charge >= 0.3 is 0 Å². The van der Waals surface area contributed by atoms with Gasteiger partial charge in [0.25, 0.3) is 11.5 Å². The summed E-state index contributed by atoms with van der Waals surface area (Å²) in [6.45, 7) is 6.18. The molecule has 10 heteroatoms. The molecule has 0 radical (unpaired) electrons. The van der Waals surface area contributed by atoms with Crippen molar-refractivity contribution < 1.29 is 14.3 Å². The molecule has 1 saturated heterocycles. The van der Waals surface area contributed by atoms with Gasteiger partial charge in [0, 0.05) is 58.8 Å². The molecule has 1 aromatic carbocycles. The maximum Gasteiger partial charge on any atom is 0.282 e. The summed E-state index contributed by atoms with van der Waals surface area (Å²) in [5.74, 6) is -0.167. The number of benzene rings is 1. The molecule has 1 aromatic rings. The highest BCUT2D eigenvalue weighted by atomic mass is 16.5. The van der Waals surface area contributed by atoms with Crippen LogP contribution in [0.1, 0.15) is 23.7 Å². The lowest BCUT2D eigenvalue weighted by Gasteiger charge is -2.34. The number of ether oxygens (including phenoxy) is 1. The lowest BCUT2D eigenvalue weighted by Crippen LogP contribution is -2.51. The number of nitrogens with one attached hydrogen (secondary N) is 1. The molecular weight excluding hydrogens is 448 g/mol. The molecule has 0 bridgehead atoms. The first-order valence-corrected chi connectivity index (χ1v) is 12.0. The highest BCUT2D eigenvalue weighted by Crippen LogP contribution is 2.24. The van der Waals surface area contributed by atoms with Crippen LogP contribution < -0.4 is 10.9 Å². The summed E-state index contributed by atoms with van der Waals surface area (Å²) in [7, 11) is 1.61. The van der Waals surface area contributed by atoms with E-state index in [-0.39, 0.29) is 17.4 Å². The van der Waals surface area contributed by atoms with E-state index >= 15 is 0 Å². The van der Waals surface area contributed by atoms with Crippen LogP contribution in [-0.2, 0) is 16.1 Å². The summed E-state index contributed by atoms with van der Waals surface area (Å²) < 4.78 is 8.35. The number of hydrogen-bond acceptors (Lipinski definition) is 6. The van der Waals surface area contributed by atoms with Crippen LogP contribution in [-0.4, -0.2) is 88.9 Å². The SMILES string of the molecule is CCCNC(=O)CN1CCN(C(=O)c2cn(CCOC)cc3c(=O)n(-c4ccccc4)nc2-3)CC1. The standard InChI is InChI=1S/C25H32N6O4/c1-3-9-26-22(32)18-28-10-12-30(13-11-28)24(33)20-16-29(14-15-35-2)17-21-23(20)27-31(25(21)34)19-7-5-4-6-8-19/h4-8,16-17H,3,9-15,18H2,1-2H3,(H,26,32). The third-order valence-corrected chi connectivity index (χ3v) is 6.11. The fourth-order valence-electron chi connectivity index (χ4n) is 4.19. The van der Waals surface area contributed by atoms with Gasteiger partial charge in [-0.1, -0.05) is 25.1 Å². The Hall–Kier alpha value is -3.50. The fourth-order valence-corrected chi connectivity index (χ4v) is 4.19. The van der Waals surface area contributed by atoms with E-state index in [1.54, 1.807) is 24.4 Å². The zero-order valence-corrected chi connectivity index (χ0v) is 20.3. The van der Waals surface area contributed by atoms with Crippen molar-refractivity contribution in [2.24, 2.45) is 0 Å². The van der Waals surface area contributed by atoms with E-state index in [9.17, 15) is 14.4 Å². The van der Waals surface area contributed by atoms with Crippen molar-refractivity contribution in [3.63, 3.8) is 0 Å². The normalized spacial score (nSPS) is 14.4. The first-order chi connectivity index (χ1) is 17.0. The van der Waals surface area contributed by atoms with Crippen LogP contribution >= 0.6 is 0 Å². The summed E-state index contributed by atoms with van der Waals surface area (Å²) in [6, 6.07) is 9.17. The van der Waals surface area contributed by atoms with Crippen LogP contribution in [0.5, 0.6) is 0 Å². The zero-order chi connectivity index (χ0) is 24.8. The van der Waals surface area contributed by atoms with Crippen LogP contribution in [0.3, 0.4) is 0 Å². The van der Waals surface area contributed by atoms with Crippen LogP contribution in [0.4, 0.5) is 0 Å². The number of methoxy groups -OCH3 is 1. The van der Waals surface area contributed by atoms with Crippen molar-refractivity contribution in [1.82, 2.24) is 29.5 Å². The molecule has 1 N–H and O–H groups in total. The summed E-state index contributed by atoms with van der Waals surface area (Å²) in [6.07, 6.45) is 4.37. The van der Waals surface area contributed by atoms with Gasteiger partial charge in [-0.15, -0.1) is 0 Å². The fraction of sp³-hybridized carbons (Fsp3) is 0.440. The minimum atomic E-state index is -0.269. The largest absolute Gasteiger partial charge is 0.383 e. The highest BCUT2D eigenvalue weighted by molar-refractivity contribution is 6.00. The minimum absolute atomic E-state index is 0.00464. The van der Waals surface area contributed by atoms with Crippen molar-refractivity contribution in [3.8, 4) is 16.9 Å². The maximum atomic E-state index is 13.6. The summed E-state index contributed by atoms with van der Waals surface area (Å²) in [5, 5.41) is 7.44. The number of aromatic nitrogens is 3. The van der Waals surface area contributed by atoms with Gasteiger partial charge in [-0.3, -0.25) is 19.3 Å². The zero-order valence-electron chi connectivity index (χ0n) is 20.3. The van der Waals surface area contributed by atoms with Crippen molar-refractivity contribution in [3.05, 3.63) is 58.6 Å². The van der Waals surface area contributed by atoms with Crippen molar-refractivity contribution in [2.45, 2.75) is 19.9 Å². The molecule has 0 aliphatic carbocycles. The number of hydrogen-bond donors (Lipinski definition) is 1. The quantitative estimate of drug-likeness (QED) is 0.492. The summed E-state index contributed by atoms with van der Waals surface area (Å²) in [5.41, 5.74) is 1.54. The number of para-hydroxylation sites is 1. The number of carbonyl (C=O) groups excluding carboxylic acids is 2. The average molecular weight is 481 g/mol. The van der Waals surface area contributed by atoms with Gasteiger partial charge in [0.05, 0.1) is 30.0 Å². The van der Waals surface area contributed by atoms with Crippen LogP contribution in [0.15, 0.2) is 47.5 Å². The van der Waals surface area contributed by atoms with Gasteiger partial charge in [-0.2, -0.15) is 9.78 Å². The maximum absolute atomic E-state index is 13.6. The van der Waals surface area contributed by atoms with E-state index in [0.717, 1.165) is 6.42 Å². The summed E-state index contributed by atoms with van der Waals surface area (Å²) in [4.78, 5) is 42.7. The Kier molecular flexibility index (Phi) is 7.94. The smallest absolute Gasteiger partial charge is 0.282 e. The van der Waals surface area contributed by atoms with Gasteiger partial charge in [0.15, 0.2) is 0 Å². The van der Waals surface area contributed by atoms with Crippen LogP contribution in [0.2, 0.25) is 0 Å². The molecule has 4 rings (SSSR count). The van der Waals surface area contributed by atoms with Crippen molar-refractivity contribution in [1.29, 1.82) is 0 Å².